The molecule has 1 aromatic rings. The van der Waals surface area contributed by atoms with Crippen LogP contribution in [0.1, 0.15) is 32.3 Å². The van der Waals surface area contributed by atoms with Crippen LogP contribution in [-0.2, 0) is 25.0 Å². The van der Waals surface area contributed by atoms with Crippen molar-refractivity contribution in [2.24, 2.45) is 5.92 Å². The number of hydrogen-bond donors (Lipinski definition) is 2. The predicted molar refractivity (Wildman–Crippen MR) is 72.9 cm³/mol. The Morgan fingerprint density at radius 1 is 1.25 bits per heavy atom. The first-order valence-electron chi connectivity index (χ1n) is 6.36. The number of phosphoric acid groups is 1. The Hall–Kier alpha value is -1.36. The number of carbonyl (C=O) groups is 1. The molecule has 0 heterocycles. The minimum Gasteiger partial charge on any atom is -0.508 e. The van der Waals surface area contributed by atoms with Gasteiger partial charge >= 0.3 is 13.8 Å². The standard InChI is InChI=1S/C13H19O6P/c1-3-11(4-2)13(15)19-20(16,17)18-9-10-5-7-12(14)8-6-10/h5-8,11,14H,3-4,9H2,1-2H3,(H,16,17). The third-order valence-corrected chi connectivity index (χ3v) is 3.72. The molecule has 2 N–H and O–H groups in total. The lowest BCUT2D eigenvalue weighted by Gasteiger charge is -2.15. The maximum Gasteiger partial charge on any atom is 0.529 e. The Kier molecular flexibility index (Phi) is 6.20. The van der Waals surface area contributed by atoms with Gasteiger partial charge < -0.3 is 9.63 Å². The van der Waals surface area contributed by atoms with E-state index in [1.807, 2.05) is 0 Å². The summed E-state index contributed by atoms with van der Waals surface area (Å²) in [7, 11) is -4.42. The number of aromatic hydroxyl groups is 1. The Morgan fingerprint density at radius 2 is 1.80 bits per heavy atom. The van der Waals surface area contributed by atoms with Crippen LogP contribution in [0.15, 0.2) is 24.3 Å². The largest absolute Gasteiger partial charge is 0.529 e. The molecule has 0 aliphatic rings. The van der Waals surface area contributed by atoms with Gasteiger partial charge in [-0.3, -0.25) is 14.2 Å². The van der Waals surface area contributed by atoms with Crippen LogP contribution in [0.25, 0.3) is 0 Å². The second-order valence-electron chi connectivity index (χ2n) is 4.33. The van der Waals surface area contributed by atoms with E-state index in [2.05, 4.69) is 4.52 Å². The first-order valence-corrected chi connectivity index (χ1v) is 7.86. The van der Waals surface area contributed by atoms with Gasteiger partial charge in [0.2, 0.25) is 0 Å². The van der Waals surface area contributed by atoms with Crippen molar-refractivity contribution in [1.82, 2.24) is 0 Å². The number of carbonyl (C=O) groups excluding carboxylic acids is 1. The van der Waals surface area contributed by atoms with E-state index in [0.717, 1.165) is 0 Å². The molecule has 7 heteroatoms. The quantitative estimate of drug-likeness (QED) is 0.752. The second-order valence-corrected chi connectivity index (χ2v) is 5.71. The lowest BCUT2D eigenvalue weighted by Crippen LogP contribution is -2.15. The highest BCUT2D eigenvalue weighted by Crippen LogP contribution is 2.45. The summed E-state index contributed by atoms with van der Waals surface area (Å²) < 4.78 is 20.9. The zero-order valence-corrected chi connectivity index (χ0v) is 12.4. The fourth-order valence-electron chi connectivity index (χ4n) is 1.58. The molecule has 0 aliphatic carbocycles. The van der Waals surface area contributed by atoms with Gasteiger partial charge in [0, 0.05) is 0 Å². The molecule has 1 atom stereocenters. The van der Waals surface area contributed by atoms with Gasteiger partial charge in [0.05, 0.1) is 12.5 Å². The molecule has 1 unspecified atom stereocenters. The summed E-state index contributed by atoms with van der Waals surface area (Å²) in [5, 5.41) is 9.10. The third-order valence-electron chi connectivity index (χ3n) is 2.85. The summed E-state index contributed by atoms with van der Waals surface area (Å²) in [6.45, 7) is 3.41. The molecule has 0 aliphatic heterocycles. The molecule has 0 spiro atoms. The van der Waals surface area contributed by atoms with Crippen LogP contribution in [0.3, 0.4) is 0 Å². The van der Waals surface area contributed by atoms with Crippen molar-refractivity contribution in [1.29, 1.82) is 0 Å². The van der Waals surface area contributed by atoms with Gasteiger partial charge in [-0.2, -0.15) is 0 Å². The van der Waals surface area contributed by atoms with E-state index in [9.17, 15) is 14.3 Å². The number of hydrogen-bond acceptors (Lipinski definition) is 5. The SMILES string of the molecule is CCC(CC)C(=O)OP(=O)(O)OCc1ccc(O)cc1. The Morgan fingerprint density at radius 3 is 2.30 bits per heavy atom. The summed E-state index contributed by atoms with van der Waals surface area (Å²) in [6.07, 6.45) is 1.07. The number of phenols is 1. The van der Waals surface area contributed by atoms with Crippen molar-refractivity contribution < 1.29 is 28.4 Å². The van der Waals surface area contributed by atoms with E-state index in [1.54, 1.807) is 13.8 Å². The molecule has 1 rings (SSSR count). The van der Waals surface area contributed by atoms with Gasteiger partial charge in [-0.05, 0) is 30.5 Å². The van der Waals surface area contributed by atoms with Gasteiger partial charge in [0.1, 0.15) is 5.75 Å². The summed E-state index contributed by atoms with van der Waals surface area (Å²) >= 11 is 0. The van der Waals surface area contributed by atoms with Gasteiger partial charge in [0.15, 0.2) is 0 Å². The number of rotatable bonds is 7. The van der Waals surface area contributed by atoms with Crippen LogP contribution in [0.4, 0.5) is 0 Å². The van der Waals surface area contributed by atoms with Gasteiger partial charge in [-0.1, -0.05) is 26.0 Å². The summed E-state index contributed by atoms with van der Waals surface area (Å²) in [4.78, 5) is 21.1. The third kappa shape index (κ3) is 5.33. The van der Waals surface area contributed by atoms with Crippen LogP contribution in [0.2, 0.25) is 0 Å². The van der Waals surface area contributed by atoms with Crippen LogP contribution >= 0.6 is 7.82 Å². The van der Waals surface area contributed by atoms with Crippen molar-refractivity contribution in [2.45, 2.75) is 33.3 Å². The highest BCUT2D eigenvalue weighted by atomic mass is 31.2. The van der Waals surface area contributed by atoms with Crippen molar-refractivity contribution in [3.05, 3.63) is 29.8 Å². The number of phosphoric ester groups is 1. The smallest absolute Gasteiger partial charge is 0.508 e. The molecule has 112 valence electrons. The van der Waals surface area contributed by atoms with Gasteiger partial charge in [-0.15, -0.1) is 0 Å². The summed E-state index contributed by atoms with van der Waals surface area (Å²) in [5.74, 6) is -1.06. The van der Waals surface area contributed by atoms with E-state index in [4.69, 9.17) is 9.63 Å². The van der Waals surface area contributed by atoms with Crippen molar-refractivity contribution in [2.75, 3.05) is 0 Å². The lowest BCUT2D eigenvalue weighted by molar-refractivity contribution is -0.140. The molecule has 0 bridgehead atoms. The van der Waals surface area contributed by atoms with Gasteiger partial charge in [0.25, 0.3) is 0 Å². The zero-order valence-electron chi connectivity index (χ0n) is 11.5. The van der Waals surface area contributed by atoms with Crippen molar-refractivity contribution in [3.8, 4) is 5.75 Å². The number of phenolic OH excluding ortho intramolecular Hbond substituents is 1. The minimum absolute atomic E-state index is 0.0843. The normalized spacial score (nSPS) is 14.0. The molecule has 0 aromatic heterocycles. The van der Waals surface area contributed by atoms with E-state index < -0.39 is 19.7 Å². The van der Waals surface area contributed by atoms with E-state index >= 15 is 0 Å². The average Bonchev–Trinajstić information content (AvgIpc) is 2.39. The predicted octanol–water partition coefficient (Wildman–Crippen LogP) is 2.99. The summed E-state index contributed by atoms with van der Waals surface area (Å²) in [6, 6.07) is 5.94. The van der Waals surface area contributed by atoms with Crippen molar-refractivity contribution >= 4 is 13.8 Å². The van der Waals surface area contributed by atoms with Crippen LogP contribution < -0.4 is 0 Å². The molecule has 0 radical (unpaired) electrons. The van der Waals surface area contributed by atoms with Crippen LogP contribution in [-0.4, -0.2) is 16.0 Å². The first-order chi connectivity index (χ1) is 9.38. The molecule has 20 heavy (non-hydrogen) atoms. The Labute approximate surface area is 118 Å². The Bertz CT molecular complexity index is 480. The molecule has 0 fully saturated rings. The average molecular weight is 302 g/mol. The molecule has 0 saturated heterocycles. The molecule has 1 aromatic carbocycles. The van der Waals surface area contributed by atoms with Gasteiger partial charge in [-0.25, -0.2) is 4.57 Å². The first kappa shape index (κ1) is 16.7. The van der Waals surface area contributed by atoms with E-state index in [0.29, 0.717) is 18.4 Å². The maximum atomic E-state index is 11.6. The van der Waals surface area contributed by atoms with Crippen molar-refractivity contribution in [3.63, 3.8) is 0 Å². The number of benzene rings is 1. The topological polar surface area (TPSA) is 93.1 Å². The Balaban J connectivity index is 2.55. The fourth-order valence-corrected chi connectivity index (χ4v) is 2.33. The fraction of sp³-hybridized carbons (Fsp3) is 0.462. The molecule has 0 amide bonds. The van der Waals surface area contributed by atoms with E-state index in [-0.39, 0.29) is 12.4 Å². The molecular weight excluding hydrogens is 283 g/mol. The second kappa shape index (κ2) is 7.43. The molecule has 0 saturated carbocycles. The van der Waals surface area contributed by atoms with Crippen LogP contribution in [0, 0.1) is 5.92 Å². The molecule has 6 nitrogen and oxygen atoms in total. The molecular formula is C13H19O6P. The van der Waals surface area contributed by atoms with E-state index in [1.165, 1.54) is 24.3 Å². The van der Waals surface area contributed by atoms with Crippen LogP contribution in [0.5, 0.6) is 5.75 Å². The maximum absolute atomic E-state index is 11.6. The highest BCUT2D eigenvalue weighted by Gasteiger charge is 2.29. The monoisotopic (exact) mass is 302 g/mol. The minimum atomic E-state index is -4.42. The summed E-state index contributed by atoms with van der Waals surface area (Å²) in [5.41, 5.74) is 0.579. The zero-order chi connectivity index (χ0) is 15.2. The highest BCUT2D eigenvalue weighted by molar-refractivity contribution is 7.48. The lowest BCUT2D eigenvalue weighted by atomic mass is 10.0.